The van der Waals surface area contributed by atoms with Gasteiger partial charge in [-0.3, -0.25) is 19.8 Å². The fourth-order valence-corrected chi connectivity index (χ4v) is 4.71. The lowest BCUT2D eigenvalue weighted by atomic mass is 10.0. The minimum Gasteiger partial charge on any atom is -0.490 e. The van der Waals surface area contributed by atoms with Crippen molar-refractivity contribution in [2.75, 3.05) is 11.5 Å². The number of hydrogen-bond donors (Lipinski definition) is 1. The van der Waals surface area contributed by atoms with Crippen LogP contribution in [0.1, 0.15) is 23.6 Å². The molecule has 1 fully saturated rings. The Labute approximate surface area is 226 Å². The molecule has 5 rings (SSSR count). The largest absolute Gasteiger partial charge is 0.490 e. The van der Waals surface area contributed by atoms with Gasteiger partial charge in [-0.1, -0.05) is 60.7 Å². The molecule has 1 N–H and O–H groups in total. The maximum atomic E-state index is 13.3. The number of para-hydroxylation sites is 1. The number of anilines is 1. The van der Waals surface area contributed by atoms with Gasteiger partial charge in [-0.15, -0.1) is 0 Å². The van der Waals surface area contributed by atoms with E-state index in [1.165, 1.54) is 11.0 Å². The molecule has 0 bridgehead atoms. The van der Waals surface area contributed by atoms with Crippen molar-refractivity contribution in [1.29, 1.82) is 0 Å². The highest BCUT2D eigenvalue weighted by Crippen LogP contribution is 2.32. The monoisotopic (exact) mass is 522 g/mol. The van der Waals surface area contributed by atoms with E-state index in [2.05, 4.69) is 36.5 Å². The highest BCUT2D eigenvalue weighted by molar-refractivity contribution is 7.80. The van der Waals surface area contributed by atoms with Crippen molar-refractivity contribution >= 4 is 51.7 Å². The van der Waals surface area contributed by atoms with Gasteiger partial charge >= 0.3 is 0 Å². The summed E-state index contributed by atoms with van der Waals surface area (Å²) in [4.78, 5) is 27.3. The number of nitrogens with zero attached hydrogens (tertiary/aromatic N) is 1. The second-order valence-electron chi connectivity index (χ2n) is 8.80. The average Bonchev–Trinajstić information content (AvgIpc) is 2.92. The van der Waals surface area contributed by atoms with Crippen LogP contribution in [0.3, 0.4) is 0 Å². The zero-order valence-electron chi connectivity index (χ0n) is 21.1. The van der Waals surface area contributed by atoms with Crippen LogP contribution in [0.2, 0.25) is 0 Å². The van der Waals surface area contributed by atoms with Crippen LogP contribution in [0, 0.1) is 6.92 Å². The van der Waals surface area contributed by atoms with Crippen molar-refractivity contribution in [1.82, 2.24) is 5.32 Å². The maximum absolute atomic E-state index is 13.3. The first-order valence-corrected chi connectivity index (χ1v) is 12.7. The summed E-state index contributed by atoms with van der Waals surface area (Å²) < 4.78 is 12.1. The Morgan fingerprint density at radius 2 is 1.66 bits per heavy atom. The number of aryl methyl sites for hydroxylation is 1. The minimum absolute atomic E-state index is 0.0232. The topological polar surface area (TPSA) is 67.9 Å². The zero-order chi connectivity index (χ0) is 26.6. The molecule has 4 aromatic rings. The van der Waals surface area contributed by atoms with E-state index < -0.39 is 11.8 Å². The molecule has 38 heavy (non-hydrogen) atoms. The van der Waals surface area contributed by atoms with E-state index in [-0.39, 0.29) is 10.7 Å². The lowest BCUT2D eigenvalue weighted by Crippen LogP contribution is -2.54. The summed E-state index contributed by atoms with van der Waals surface area (Å²) in [5.74, 6) is 0.0678. The van der Waals surface area contributed by atoms with Crippen LogP contribution in [0.25, 0.3) is 16.8 Å². The van der Waals surface area contributed by atoms with E-state index >= 15 is 0 Å². The highest BCUT2D eigenvalue weighted by atomic mass is 32.1. The van der Waals surface area contributed by atoms with Gasteiger partial charge in [0.2, 0.25) is 0 Å². The standard InChI is InChI=1S/C31H26N2O4S/c1-3-36-28-18-21(17-25-29(34)32-31(38)33(30(25)35)23-10-5-4-6-11-23)14-16-27(28)37-19-26-20(2)13-15-22-9-7-8-12-24(22)26/h4-18H,3,19H2,1-2H3,(H,32,34,38)/b25-17-. The quantitative estimate of drug-likeness (QED) is 0.184. The van der Waals surface area contributed by atoms with Crippen LogP contribution in [0.4, 0.5) is 5.69 Å². The first-order valence-electron chi connectivity index (χ1n) is 12.3. The molecular weight excluding hydrogens is 496 g/mol. The van der Waals surface area contributed by atoms with Gasteiger partial charge in [-0.2, -0.15) is 0 Å². The molecule has 1 aliphatic rings. The predicted molar refractivity (Wildman–Crippen MR) is 153 cm³/mol. The third kappa shape index (κ3) is 5.01. The molecule has 1 saturated heterocycles. The predicted octanol–water partition coefficient (Wildman–Crippen LogP) is 5.96. The van der Waals surface area contributed by atoms with Crippen molar-refractivity contribution in [3.05, 3.63) is 107 Å². The second kappa shape index (κ2) is 10.9. The van der Waals surface area contributed by atoms with E-state index in [0.29, 0.717) is 36.0 Å². The lowest BCUT2D eigenvalue weighted by Gasteiger charge is -2.28. The Hall–Kier alpha value is -4.49. The normalized spacial score (nSPS) is 14.6. The Kier molecular flexibility index (Phi) is 7.20. The number of nitrogens with one attached hydrogen (secondary N) is 1. The van der Waals surface area contributed by atoms with E-state index in [9.17, 15) is 9.59 Å². The van der Waals surface area contributed by atoms with Crippen LogP contribution < -0.4 is 19.7 Å². The summed E-state index contributed by atoms with van der Waals surface area (Å²) >= 11 is 5.27. The molecule has 0 radical (unpaired) electrons. The number of carbonyl (C=O) groups excluding carboxylic acids is 2. The van der Waals surface area contributed by atoms with Gasteiger partial charge in [0, 0.05) is 5.56 Å². The van der Waals surface area contributed by atoms with Crippen LogP contribution in [-0.4, -0.2) is 23.5 Å². The number of hydrogen-bond acceptors (Lipinski definition) is 5. The third-order valence-corrected chi connectivity index (χ3v) is 6.63. The Bertz CT molecular complexity index is 1580. The third-order valence-electron chi connectivity index (χ3n) is 6.34. The molecule has 0 unspecified atom stereocenters. The molecule has 2 amide bonds. The van der Waals surface area contributed by atoms with Crippen LogP contribution in [-0.2, 0) is 16.2 Å². The van der Waals surface area contributed by atoms with Crippen molar-refractivity contribution in [2.45, 2.75) is 20.5 Å². The SMILES string of the molecule is CCOc1cc(/C=C2/C(=O)NC(=S)N(c3ccccc3)C2=O)ccc1OCc1c(C)ccc2ccccc12. The smallest absolute Gasteiger partial charge is 0.270 e. The molecule has 6 nitrogen and oxygen atoms in total. The number of carbonyl (C=O) groups is 2. The van der Waals surface area contributed by atoms with Gasteiger partial charge in [0.05, 0.1) is 12.3 Å². The Morgan fingerprint density at radius 1 is 0.895 bits per heavy atom. The molecule has 0 saturated carbocycles. The molecule has 4 aromatic carbocycles. The summed E-state index contributed by atoms with van der Waals surface area (Å²) in [5, 5.41) is 4.96. The number of fused-ring (bicyclic) bond motifs is 1. The summed E-state index contributed by atoms with van der Waals surface area (Å²) in [6, 6.07) is 26.7. The fraction of sp³-hybridized carbons (Fsp3) is 0.129. The molecule has 7 heteroatoms. The molecule has 0 spiro atoms. The number of amides is 2. The first-order chi connectivity index (χ1) is 18.5. The Balaban J connectivity index is 1.43. The fourth-order valence-electron chi connectivity index (χ4n) is 4.42. The highest BCUT2D eigenvalue weighted by Gasteiger charge is 2.34. The van der Waals surface area contributed by atoms with E-state index in [0.717, 1.165) is 21.9 Å². The first kappa shape index (κ1) is 25.2. The Morgan fingerprint density at radius 3 is 2.45 bits per heavy atom. The van der Waals surface area contributed by atoms with Crippen LogP contribution in [0.15, 0.2) is 90.5 Å². The van der Waals surface area contributed by atoms with Gasteiger partial charge in [-0.05, 0) is 78.3 Å². The van der Waals surface area contributed by atoms with Crippen molar-refractivity contribution in [3.8, 4) is 11.5 Å². The molecule has 0 aliphatic carbocycles. The number of ether oxygens (including phenoxy) is 2. The molecular formula is C31H26N2O4S. The van der Waals surface area contributed by atoms with E-state index in [4.69, 9.17) is 21.7 Å². The second-order valence-corrected chi connectivity index (χ2v) is 9.19. The van der Waals surface area contributed by atoms with Crippen molar-refractivity contribution in [2.24, 2.45) is 0 Å². The maximum Gasteiger partial charge on any atom is 0.270 e. The van der Waals surface area contributed by atoms with Crippen LogP contribution in [0.5, 0.6) is 11.5 Å². The number of rotatable bonds is 7. The molecule has 1 heterocycles. The van der Waals surface area contributed by atoms with Gasteiger partial charge in [0.15, 0.2) is 16.6 Å². The van der Waals surface area contributed by atoms with Gasteiger partial charge in [-0.25, -0.2) is 0 Å². The molecule has 0 atom stereocenters. The van der Waals surface area contributed by atoms with Gasteiger partial charge < -0.3 is 9.47 Å². The van der Waals surface area contributed by atoms with Crippen molar-refractivity contribution in [3.63, 3.8) is 0 Å². The molecule has 1 aliphatic heterocycles. The summed E-state index contributed by atoms with van der Waals surface area (Å²) in [6.07, 6.45) is 1.54. The lowest BCUT2D eigenvalue weighted by molar-refractivity contribution is -0.122. The summed E-state index contributed by atoms with van der Waals surface area (Å²) in [7, 11) is 0. The van der Waals surface area contributed by atoms with Gasteiger partial charge in [0.25, 0.3) is 11.8 Å². The molecule has 190 valence electrons. The van der Waals surface area contributed by atoms with E-state index in [1.807, 2.05) is 25.1 Å². The molecule has 0 aromatic heterocycles. The zero-order valence-corrected chi connectivity index (χ0v) is 21.9. The van der Waals surface area contributed by atoms with Crippen LogP contribution >= 0.6 is 12.2 Å². The van der Waals surface area contributed by atoms with Crippen molar-refractivity contribution < 1.29 is 19.1 Å². The summed E-state index contributed by atoms with van der Waals surface area (Å²) in [6.45, 7) is 4.76. The number of thiocarbonyl (C=S) groups is 1. The number of benzene rings is 4. The van der Waals surface area contributed by atoms with E-state index in [1.54, 1.807) is 42.5 Å². The average molecular weight is 523 g/mol. The minimum atomic E-state index is -0.545. The summed E-state index contributed by atoms with van der Waals surface area (Å²) in [5.41, 5.74) is 3.44. The van der Waals surface area contributed by atoms with Gasteiger partial charge in [0.1, 0.15) is 12.2 Å².